The Kier molecular flexibility index (Phi) is 5.41. The quantitative estimate of drug-likeness (QED) is 0.806. The van der Waals surface area contributed by atoms with Gasteiger partial charge in [0.25, 0.3) is 5.91 Å². The topological polar surface area (TPSA) is 40.5 Å². The van der Waals surface area contributed by atoms with Crippen LogP contribution < -0.4 is 0 Å². The van der Waals surface area contributed by atoms with Crippen molar-refractivity contribution in [3.05, 3.63) is 34.9 Å². The van der Waals surface area contributed by atoms with Gasteiger partial charge in [-0.05, 0) is 44.4 Å². The van der Waals surface area contributed by atoms with Crippen molar-refractivity contribution in [2.24, 2.45) is 0 Å². The van der Waals surface area contributed by atoms with E-state index in [-0.39, 0.29) is 12.5 Å². The maximum Gasteiger partial charge on any atom is 0.254 e. The van der Waals surface area contributed by atoms with Crippen LogP contribution >= 0.6 is 0 Å². The third-order valence-corrected chi connectivity index (χ3v) is 4.10. The second-order valence-electron chi connectivity index (χ2n) is 5.69. The third kappa shape index (κ3) is 3.86. The first-order valence-electron chi connectivity index (χ1n) is 7.65. The summed E-state index contributed by atoms with van der Waals surface area (Å²) in [5.41, 5.74) is 2.53. The lowest BCUT2D eigenvalue weighted by Gasteiger charge is -2.27. The molecule has 112 valence electrons. The largest absolute Gasteiger partial charge is 0.384 e. The average molecular weight is 285 g/mol. The van der Waals surface area contributed by atoms with E-state index in [1.54, 1.807) is 0 Å². The van der Waals surface area contributed by atoms with Crippen molar-refractivity contribution in [2.75, 3.05) is 13.2 Å². The molecule has 0 saturated carbocycles. The van der Waals surface area contributed by atoms with Gasteiger partial charge in [0, 0.05) is 23.7 Å². The summed E-state index contributed by atoms with van der Waals surface area (Å²) in [4.78, 5) is 14.7. The first-order valence-corrected chi connectivity index (χ1v) is 7.65. The zero-order valence-electron chi connectivity index (χ0n) is 12.9. The molecule has 1 aromatic rings. The maximum absolute atomic E-state index is 12.7. The Morgan fingerprint density at radius 3 is 2.95 bits per heavy atom. The van der Waals surface area contributed by atoms with Crippen LogP contribution in [0.4, 0.5) is 0 Å². The normalized spacial score (nSPS) is 18.6. The number of hydrogen-bond donors (Lipinski definition) is 1. The number of benzene rings is 1. The summed E-state index contributed by atoms with van der Waals surface area (Å²) in [5.74, 6) is 5.66. The van der Waals surface area contributed by atoms with Crippen LogP contribution in [0.1, 0.15) is 54.1 Å². The number of aliphatic hydroxyl groups is 1. The Labute approximate surface area is 127 Å². The van der Waals surface area contributed by atoms with E-state index in [1.165, 1.54) is 12.8 Å². The molecule has 1 N–H and O–H groups in total. The van der Waals surface area contributed by atoms with Crippen LogP contribution in [-0.2, 0) is 0 Å². The van der Waals surface area contributed by atoms with Gasteiger partial charge >= 0.3 is 0 Å². The van der Waals surface area contributed by atoms with Crippen LogP contribution in [0.2, 0.25) is 0 Å². The van der Waals surface area contributed by atoms with Crippen molar-refractivity contribution >= 4 is 5.91 Å². The van der Waals surface area contributed by atoms with E-state index in [0.29, 0.717) is 11.6 Å². The van der Waals surface area contributed by atoms with Gasteiger partial charge in [-0.3, -0.25) is 4.79 Å². The van der Waals surface area contributed by atoms with Gasteiger partial charge in [0.1, 0.15) is 6.61 Å². The molecule has 1 atom stereocenters. The summed E-state index contributed by atoms with van der Waals surface area (Å²) in [6, 6.07) is 5.95. The fraction of sp³-hybridized carbons (Fsp3) is 0.500. The summed E-state index contributed by atoms with van der Waals surface area (Å²) in [6.45, 7) is 4.76. The molecule has 1 fully saturated rings. The molecule has 1 saturated heterocycles. The summed E-state index contributed by atoms with van der Waals surface area (Å²) >= 11 is 0. The Hall–Kier alpha value is -1.79. The zero-order chi connectivity index (χ0) is 15.2. The lowest BCUT2D eigenvalue weighted by Crippen LogP contribution is -2.38. The van der Waals surface area contributed by atoms with E-state index in [9.17, 15) is 4.79 Å². The van der Waals surface area contributed by atoms with Gasteiger partial charge < -0.3 is 10.0 Å². The van der Waals surface area contributed by atoms with Gasteiger partial charge in [-0.15, -0.1) is 0 Å². The van der Waals surface area contributed by atoms with Gasteiger partial charge in [-0.25, -0.2) is 0 Å². The van der Waals surface area contributed by atoms with Crippen LogP contribution in [0.15, 0.2) is 18.2 Å². The van der Waals surface area contributed by atoms with Gasteiger partial charge in [-0.2, -0.15) is 0 Å². The molecule has 0 radical (unpaired) electrons. The number of nitrogens with zero attached hydrogens (tertiary/aromatic N) is 1. The molecule has 3 heteroatoms. The number of carbonyl (C=O) groups excluding carboxylic acids is 1. The molecular formula is C18H23NO2. The van der Waals surface area contributed by atoms with Crippen LogP contribution in [0.3, 0.4) is 0 Å². The van der Waals surface area contributed by atoms with Gasteiger partial charge in [-0.1, -0.05) is 30.7 Å². The third-order valence-electron chi connectivity index (χ3n) is 4.10. The molecule has 0 spiro atoms. The van der Waals surface area contributed by atoms with E-state index < -0.39 is 0 Å². The van der Waals surface area contributed by atoms with E-state index in [4.69, 9.17) is 5.11 Å². The molecule has 0 bridgehead atoms. The smallest absolute Gasteiger partial charge is 0.254 e. The highest BCUT2D eigenvalue weighted by atomic mass is 16.2. The van der Waals surface area contributed by atoms with Crippen molar-refractivity contribution < 1.29 is 9.90 Å². The van der Waals surface area contributed by atoms with Crippen molar-refractivity contribution in [1.29, 1.82) is 0 Å². The minimum Gasteiger partial charge on any atom is -0.384 e. The van der Waals surface area contributed by atoms with Crippen molar-refractivity contribution in [1.82, 2.24) is 4.90 Å². The second-order valence-corrected chi connectivity index (χ2v) is 5.69. The van der Waals surface area contributed by atoms with Gasteiger partial charge in [0.15, 0.2) is 0 Å². The number of rotatable bonds is 1. The molecular weight excluding hydrogens is 262 g/mol. The monoisotopic (exact) mass is 285 g/mol. The first kappa shape index (κ1) is 15.6. The highest BCUT2D eigenvalue weighted by Gasteiger charge is 2.23. The van der Waals surface area contributed by atoms with E-state index in [2.05, 4.69) is 18.8 Å². The molecule has 3 nitrogen and oxygen atoms in total. The number of hydrogen-bond acceptors (Lipinski definition) is 2. The predicted molar refractivity (Wildman–Crippen MR) is 84.1 cm³/mol. The Morgan fingerprint density at radius 1 is 1.38 bits per heavy atom. The van der Waals surface area contributed by atoms with E-state index in [1.807, 2.05) is 30.0 Å². The number of aryl methyl sites for hydroxylation is 1. The molecule has 0 aliphatic carbocycles. The Balaban J connectivity index is 2.26. The zero-order valence-corrected chi connectivity index (χ0v) is 12.9. The van der Waals surface area contributed by atoms with Gasteiger partial charge in [0.05, 0.1) is 0 Å². The predicted octanol–water partition coefficient (Wildman–Crippen LogP) is 2.74. The minimum atomic E-state index is -0.166. The Bertz CT molecular complexity index is 568. The van der Waals surface area contributed by atoms with Crippen LogP contribution in [0.5, 0.6) is 0 Å². The molecule has 1 aromatic carbocycles. The van der Waals surface area contributed by atoms with Gasteiger partial charge in [0.2, 0.25) is 0 Å². The molecule has 21 heavy (non-hydrogen) atoms. The number of likely N-dealkylation sites (tertiary alicyclic amines) is 1. The van der Waals surface area contributed by atoms with Crippen LogP contribution in [0, 0.1) is 18.8 Å². The lowest BCUT2D eigenvalue weighted by atomic mass is 10.0. The molecule has 1 aliphatic rings. The van der Waals surface area contributed by atoms with Crippen LogP contribution in [-0.4, -0.2) is 35.1 Å². The van der Waals surface area contributed by atoms with E-state index in [0.717, 1.165) is 30.5 Å². The minimum absolute atomic E-state index is 0.0939. The SMILES string of the molecule is Cc1ccc(C(=O)N2CCCCCC2C)cc1C#CCO. The molecule has 1 amide bonds. The Morgan fingerprint density at radius 2 is 2.19 bits per heavy atom. The van der Waals surface area contributed by atoms with E-state index >= 15 is 0 Å². The lowest BCUT2D eigenvalue weighted by molar-refractivity contribution is 0.0698. The van der Waals surface area contributed by atoms with Crippen LogP contribution in [0.25, 0.3) is 0 Å². The summed E-state index contributed by atoms with van der Waals surface area (Å²) in [6.07, 6.45) is 4.56. The van der Waals surface area contributed by atoms with Crippen molar-refractivity contribution in [3.63, 3.8) is 0 Å². The highest BCUT2D eigenvalue weighted by molar-refractivity contribution is 5.95. The second kappa shape index (κ2) is 7.28. The summed E-state index contributed by atoms with van der Waals surface area (Å²) in [7, 11) is 0. The fourth-order valence-corrected chi connectivity index (χ4v) is 2.77. The number of amides is 1. The average Bonchev–Trinajstić information content (AvgIpc) is 2.70. The standard InChI is InChI=1S/C18H23NO2/c1-14-9-10-17(13-16(14)8-6-12-20)18(21)19-11-5-3-4-7-15(19)2/h9-10,13,15,20H,3-5,7,11-12H2,1-2H3. The highest BCUT2D eigenvalue weighted by Crippen LogP contribution is 2.20. The molecule has 1 unspecified atom stereocenters. The fourth-order valence-electron chi connectivity index (χ4n) is 2.77. The van der Waals surface area contributed by atoms with Crippen molar-refractivity contribution in [3.8, 4) is 11.8 Å². The molecule has 0 aromatic heterocycles. The molecule has 1 heterocycles. The maximum atomic E-state index is 12.7. The number of carbonyl (C=O) groups is 1. The summed E-state index contributed by atoms with van der Waals surface area (Å²) in [5, 5.41) is 8.82. The first-order chi connectivity index (χ1) is 10.1. The van der Waals surface area contributed by atoms with Crippen molar-refractivity contribution in [2.45, 2.75) is 45.6 Å². The molecule has 1 aliphatic heterocycles. The molecule has 2 rings (SSSR count). The number of aliphatic hydroxyl groups excluding tert-OH is 1. The summed E-state index contributed by atoms with van der Waals surface area (Å²) < 4.78 is 0.